The summed E-state index contributed by atoms with van der Waals surface area (Å²) in [4.78, 5) is 16.1. The first-order chi connectivity index (χ1) is 8.65. The van der Waals surface area contributed by atoms with Gasteiger partial charge in [-0.05, 0) is 18.6 Å². The highest BCUT2D eigenvalue weighted by Crippen LogP contribution is 2.16. The first kappa shape index (κ1) is 13.2. The van der Waals surface area contributed by atoms with Gasteiger partial charge in [0, 0.05) is 9.85 Å². The largest absolute Gasteiger partial charge is 0.350 e. The number of nitrogens with one attached hydrogen (secondary N) is 1. The predicted molar refractivity (Wildman–Crippen MR) is 76.5 cm³/mol. The molecule has 0 radical (unpaired) electrons. The molecule has 5 heteroatoms. The fourth-order valence-electron chi connectivity index (χ4n) is 1.56. The maximum Gasteiger partial charge on any atom is 0.224 e. The van der Waals surface area contributed by atoms with E-state index in [4.69, 9.17) is 0 Å². The van der Waals surface area contributed by atoms with Crippen molar-refractivity contribution in [1.29, 1.82) is 0 Å². The minimum Gasteiger partial charge on any atom is -0.350 e. The number of halogens is 1. The van der Waals surface area contributed by atoms with E-state index in [0.717, 1.165) is 20.7 Å². The Balaban J connectivity index is 1.88. The Bertz CT molecular complexity index is 553. The van der Waals surface area contributed by atoms with Crippen molar-refractivity contribution in [2.75, 3.05) is 0 Å². The summed E-state index contributed by atoms with van der Waals surface area (Å²) in [5.41, 5.74) is 1.91. The second-order valence-electron chi connectivity index (χ2n) is 3.90. The summed E-state index contributed by atoms with van der Waals surface area (Å²) in [6.07, 6.45) is 0.380. The topological polar surface area (TPSA) is 42.0 Å². The minimum atomic E-state index is 0.00699. The average molecular weight is 325 g/mol. The Labute approximate surface area is 118 Å². The molecule has 0 aliphatic carbocycles. The number of rotatable bonds is 4. The van der Waals surface area contributed by atoms with Gasteiger partial charge in [-0.2, -0.15) is 0 Å². The van der Waals surface area contributed by atoms with Gasteiger partial charge in [-0.15, -0.1) is 11.3 Å². The number of amides is 1. The third-order valence-corrected chi connectivity index (χ3v) is 4.04. The van der Waals surface area contributed by atoms with E-state index >= 15 is 0 Å². The lowest BCUT2D eigenvalue weighted by Crippen LogP contribution is -2.24. The maximum atomic E-state index is 11.8. The Morgan fingerprint density at radius 3 is 2.89 bits per heavy atom. The van der Waals surface area contributed by atoms with Crippen molar-refractivity contribution in [2.24, 2.45) is 0 Å². The van der Waals surface area contributed by atoms with E-state index in [-0.39, 0.29) is 5.91 Å². The van der Waals surface area contributed by atoms with Gasteiger partial charge < -0.3 is 5.32 Å². The summed E-state index contributed by atoms with van der Waals surface area (Å²) in [7, 11) is 0. The van der Waals surface area contributed by atoms with Crippen molar-refractivity contribution in [3.05, 3.63) is 50.4 Å². The first-order valence-electron chi connectivity index (χ1n) is 5.56. The lowest BCUT2D eigenvalue weighted by Gasteiger charge is -2.05. The molecule has 1 aromatic heterocycles. The SMILES string of the molecule is Cc1nc(CNC(=O)Cc2ccccc2Br)cs1. The second-order valence-corrected chi connectivity index (χ2v) is 5.82. The van der Waals surface area contributed by atoms with Crippen LogP contribution in [-0.4, -0.2) is 10.9 Å². The van der Waals surface area contributed by atoms with Gasteiger partial charge in [0.05, 0.1) is 23.7 Å². The quantitative estimate of drug-likeness (QED) is 0.939. The highest BCUT2D eigenvalue weighted by Gasteiger charge is 2.06. The summed E-state index contributed by atoms with van der Waals surface area (Å²) in [5, 5.41) is 5.86. The van der Waals surface area contributed by atoms with Gasteiger partial charge in [-0.3, -0.25) is 4.79 Å². The molecule has 0 aliphatic rings. The molecule has 1 aromatic carbocycles. The van der Waals surface area contributed by atoms with Crippen molar-refractivity contribution >= 4 is 33.2 Å². The lowest BCUT2D eigenvalue weighted by molar-refractivity contribution is -0.120. The van der Waals surface area contributed by atoms with Crippen LogP contribution in [0.5, 0.6) is 0 Å². The molecule has 1 N–H and O–H groups in total. The van der Waals surface area contributed by atoms with E-state index in [9.17, 15) is 4.79 Å². The fraction of sp³-hybridized carbons (Fsp3) is 0.231. The standard InChI is InChI=1S/C13H13BrN2OS/c1-9-16-11(8-18-9)7-15-13(17)6-10-4-2-3-5-12(10)14/h2-5,8H,6-7H2,1H3,(H,15,17). The third kappa shape index (κ3) is 3.65. The van der Waals surface area contributed by atoms with Crippen LogP contribution in [0.3, 0.4) is 0 Å². The van der Waals surface area contributed by atoms with Crippen molar-refractivity contribution in [2.45, 2.75) is 19.9 Å². The monoisotopic (exact) mass is 324 g/mol. The van der Waals surface area contributed by atoms with E-state index in [1.165, 1.54) is 0 Å². The number of hydrogen-bond acceptors (Lipinski definition) is 3. The van der Waals surface area contributed by atoms with Crippen LogP contribution in [0.1, 0.15) is 16.3 Å². The zero-order chi connectivity index (χ0) is 13.0. The molecule has 0 unspecified atom stereocenters. The molecule has 2 rings (SSSR count). The van der Waals surface area contributed by atoms with Crippen molar-refractivity contribution < 1.29 is 4.79 Å². The molecular formula is C13H13BrN2OS. The minimum absolute atomic E-state index is 0.00699. The van der Waals surface area contributed by atoms with Crippen LogP contribution in [0.15, 0.2) is 34.1 Å². The first-order valence-corrected chi connectivity index (χ1v) is 7.23. The molecule has 0 saturated carbocycles. The van der Waals surface area contributed by atoms with Crippen LogP contribution in [0.4, 0.5) is 0 Å². The molecule has 2 aromatic rings. The summed E-state index contributed by atoms with van der Waals surface area (Å²) < 4.78 is 0.963. The molecular weight excluding hydrogens is 312 g/mol. The number of benzene rings is 1. The number of carbonyl (C=O) groups excluding carboxylic acids is 1. The number of aryl methyl sites for hydroxylation is 1. The van der Waals surface area contributed by atoms with E-state index in [2.05, 4.69) is 26.2 Å². The number of aromatic nitrogens is 1. The molecule has 0 bridgehead atoms. The summed E-state index contributed by atoms with van der Waals surface area (Å²) in [5.74, 6) is 0.00699. The molecule has 18 heavy (non-hydrogen) atoms. The van der Waals surface area contributed by atoms with Crippen LogP contribution in [0, 0.1) is 6.92 Å². The van der Waals surface area contributed by atoms with Crippen molar-refractivity contribution in [3.8, 4) is 0 Å². The van der Waals surface area contributed by atoms with Gasteiger partial charge >= 0.3 is 0 Å². The predicted octanol–water partition coefficient (Wildman–Crippen LogP) is 3.07. The average Bonchev–Trinajstić information content (AvgIpc) is 2.76. The zero-order valence-electron chi connectivity index (χ0n) is 9.94. The van der Waals surface area contributed by atoms with Gasteiger partial charge in [0.1, 0.15) is 0 Å². The smallest absolute Gasteiger partial charge is 0.224 e. The number of carbonyl (C=O) groups is 1. The van der Waals surface area contributed by atoms with E-state index in [1.807, 2.05) is 36.6 Å². The van der Waals surface area contributed by atoms with E-state index in [1.54, 1.807) is 11.3 Å². The van der Waals surface area contributed by atoms with Crippen LogP contribution >= 0.6 is 27.3 Å². The molecule has 1 amide bonds. The summed E-state index contributed by atoms with van der Waals surface area (Å²) in [6.45, 7) is 2.45. The van der Waals surface area contributed by atoms with Gasteiger partial charge in [-0.25, -0.2) is 4.98 Å². The van der Waals surface area contributed by atoms with E-state index in [0.29, 0.717) is 13.0 Å². The fourth-order valence-corrected chi connectivity index (χ4v) is 2.59. The van der Waals surface area contributed by atoms with Gasteiger partial charge in [-0.1, -0.05) is 34.1 Å². The van der Waals surface area contributed by atoms with Crippen LogP contribution in [0.2, 0.25) is 0 Å². The molecule has 0 saturated heterocycles. The maximum absolute atomic E-state index is 11.8. The Kier molecular flexibility index (Phi) is 4.49. The second kappa shape index (κ2) is 6.11. The van der Waals surface area contributed by atoms with Gasteiger partial charge in [0.25, 0.3) is 0 Å². The molecule has 0 atom stereocenters. The summed E-state index contributed by atoms with van der Waals surface area (Å²) >= 11 is 5.03. The lowest BCUT2D eigenvalue weighted by atomic mass is 10.1. The normalized spacial score (nSPS) is 10.3. The van der Waals surface area contributed by atoms with Crippen LogP contribution in [-0.2, 0) is 17.8 Å². The Morgan fingerprint density at radius 1 is 1.44 bits per heavy atom. The van der Waals surface area contributed by atoms with Crippen LogP contribution in [0.25, 0.3) is 0 Å². The molecule has 3 nitrogen and oxygen atoms in total. The molecule has 0 spiro atoms. The molecule has 0 aliphatic heterocycles. The number of thiazole rings is 1. The Hall–Kier alpha value is -1.20. The third-order valence-electron chi connectivity index (χ3n) is 2.44. The van der Waals surface area contributed by atoms with E-state index < -0.39 is 0 Å². The highest BCUT2D eigenvalue weighted by molar-refractivity contribution is 9.10. The van der Waals surface area contributed by atoms with Gasteiger partial charge in [0.15, 0.2) is 0 Å². The number of hydrogen-bond donors (Lipinski definition) is 1. The Morgan fingerprint density at radius 2 is 2.22 bits per heavy atom. The number of nitrogens with zero attached hydrogens (tertiary/aromatic N) is 1. The molecule has 1 heterocycles. The van der Waals surface area contributed by atoms with Crippen LogP contribution < -0.4 is 5.32 Å². The molecule has 94 valence electrons. The zero-order valence-corrected chi connectivity index (χ0v) is 12.3. The van der Waals surface area contributed by atoms with Crippen molar-refractivity contribution in [3.63, 3.8) is 0 Å². The van der Waals surface area contributed by atoms with Gasteiger partial charge in [0.2, 0.25) is 5.91 Å². The molecule has 0 fully saturated rings. The summed E-state index contributed by atoms with van der Waals surface area (Å²) in [6, 6.07) is 7.74. The highest BCUT2D eigenvalue weighted by atomic mass is 79.9. The van der Waals surface area contributed by atoms with Crippen molar-refractivity contribution in [1.82, 2.24) is 10.3 Å².